The molecule has 1 fully saturated rings. The molecule has 0 spiro atoms. The Balaban J connectivity index is 1.48. The maximum atomic E-state index is 12.5. The summed E-state index contributed by atoms with van der Waals surface area (Å²) in [4.78, 5) is 14.3. The minimum Gasteiger partial charge on any atom is -0.459 e. The van der Waals surface area contributed by atoms with Gasteiger partial charge in [0, 0.05) is 30.5 Å². The number of allylic oxidation sites excluding steroid dienone is 1. The lowest BCUT2D eigenvalue weighted by Crippen LogP contribution is -2.29. The van der Waals surface area contributed by atoms with E-state index in [-0.39, 0.29) is 18.4 Å². The molecule has 2 aliphatic heterocycles. The van der Waals surface area contributed by atoms with Crippen molar-refractivity contribution in [3.05, 3.63) is 82.1 Å². The summed E-state index contributed by atoms with van der Waals surface area (Å²) in [7, 11) is 0. The van der Waals surface area contributed by atoms with Gasteiger partial charge in [-0.15, -0.1) is 0 Å². The Bertz CT molecular complexity index is 859. The summed E-state index contributed by atoms with van der Waals surface area (Å²) in [5, 5.41) is 9.83. The molecule has 0 radical (unpaired) electrons. The van der Waals surface area contributed by atoms with Gasteiger partial charge in [-0.3, -0.25) is 4.79 Å². The molecule has 5 nitrogen and oxygen atoms in total. The first-order chi connectivity index (χ1) is 13.6. The first-order valence-corrected chi connectivity index (χ1v) is 9.73. The number of rotatable bonds is 6. The molecule has 0 aromatic heterocycles. The Kier molecular flexibility index (Phi) is 5.67. The van der Waals surface area contributed by atoms with E-state index in [0.29, 0.717) is 23.8 Å². The summed E-state index contributed by atoms with van der Waals surface area (Å²) >= 11 is 6.01. The number of carbonyl (C=O) groups is 1. The number of hydrogen-bond donors (Lipinski definition) is 1. The number of amides is 1. The van der Waals surface area contributed by atoms with Crippen LogP contribution in [0.3, 0.4) is 0 Å². The Labute approximate surface area is 169 Å². The lowest BCUT2D eigenvalue weighted by Gasteiger charge is -2.29. The van der Waals surface area contributed by atoms with Crippen molar-refractivity contribution in [3.8, 4) is 0 Å². The second-order valence-corrected chi connectivity index (χ2v) is 7.49. The van der Waals surface area contributed by atoms with Crippen molar-refractivity contribution in [1.82, 2.24) is 4.90 Å². The average molecular weight is 400 g/mol. The molecular formula is C22H22ClNO4. The van der Waals surface area contributed by atoms with E-state index in [2.05, 4.69) is 0 Å². The number of benzene rings is 2. The van der Waals surface area contributed by atoms with Crippen LogP contribution in [0.5, 0.6) is 0 Å². The molecule has 2 atom stereocenters. The van der Waals surface area contributed by atoms with Crippen LogP contribution in [-0.2, 0) is 27.5 Å². The minimum absolute atomic E-state index is 0.0163. The standard InChI is InChI=1S/C22H22ClNO4/c23-19-7-5-17(6-8-19)18-11-20(22(26)24-9-10-24)28-21(12-18)27-14-16-3-1-15(13-25)2-4-16/h1-8,11,18,21,25H,9-10,12-14H2/t18-,21+/m0/s1. The van der Waals surface area contributed by atoms with Gasteiger partial charge in [0.2, 0.25) is 6.29 Å². The minimum atomic E-state index is -0.512. The molecule has 1 saturated heterocycles. The van der Waals surface area contributed by atoms with Gasteiger partial charge < -0.3 is 19.5 Å². The van der Waals surface area contributed by atoms with Crippen LogP contribution in [0.2, 0.25) is 5.02 Å². The fourth-order valence-electron chi connectivity index (χ4n) is 3.19. The number of halogens is 1. The molecule has 6 heteroatoms. The lowest BCUT2D eigenvalue weighted by molar-refractivity contribution is -0.152. The smallest absolute Gasteiger partial charge is 0.288 e. The van der Waals surface area contributed by atoms with Crippen LogP contribution in [0.4, 0.5) is 0 Å². The van der Waals surface area contributed by atoms with Crippen LogP contribution < -0.4 is 0 Å². The van der Waals surface area contributed by atoms with Crippen molar-refractivity contribution in [2.24, 2.45) is 0 Å². The van der Waals surface area contributed by atoms with Gasteiger partial charge in [-0.25, -0.2) is 0 Å². The van der Waals surface area contributed by atoms with E-state index in [1.165, 1.54) is 0 Å². The predicted molar refractivity (Wildman–Crippen MR) is 105 cm³/mol. The van der Waals surface area contributed by atoms with Gasteiger partial charge in [0.05, 0.1) is 13.2 Å². The lowest BCUT2D eigenvalue weighted by atomic mass is 9.93. The Morgan fingerprint density at radius 1 is 1.11 bits per heavy atom. The summed E-state index contributed by atoms with van der Waals surface area (Å²) in [6, 6.07) is 15.2. The maximum Gasteiger partial charge on any atom is 0.288 e. The molecule has 1 N–H and O–H groups in total. The molecule has 2 aromatic carbocycles. The summed E-state index contributed by atoms with van der Waals surface area (Å²) in [6.07, 6.45) is 1.99. The number of nitrogens with zero attached hydrogens (tertiary/aromatic N) is 1. The van der Waals surface area contributed by atoms with Gasteiger partial charge in [0.25, 0.3) is 5.91 Å². The molecule has 2 aromatic rings. The quantitative estimate of drug-likeness (QED) is 0.754. The highest BCUT2D eigenvalue weighted by molar-refractivity contribution is 6.30. The van der Waals surface area contributed by atoms with Crippen molar-refractivity contribution >= 4 is 17.5 Å². The molecule has 0 saturated carbocycles. The van der Waals surface area contributed by atoms with E-state index < -0.39 is 6.29 Å². The van der Waals surface area contributed by atoms with E-state index in [0.717, 1.165) is 29.8 Å². The fraction of sp³-hybridized carbons (Fsp3) is 0.318. The number of aliphatic hydroxyl groups is 1. The average Bonchev–Trinajstić information content (AvgIpc) is 3.58. The van der Waals surface area contributed by atoms with Crippen LogP contribution in [-0.4, -0.2) is 35.3 Å². The summed E-state index contributed by atoms with van der Waals surface area (Å²) in [6.45, 7) is 1.93. The Hall–Kier alpha value is -2.34. The van der Waals surface area contributed by atoms with Gasteiger partial charge in [-0.1, -0.05) is 48.0 Å². The monoisotopic (exact) mass is 399 g/mol. The maximum absolute atomic E-state index is 12.5. The number of hydrogen-bond acceptors (Lipinski definition) is 4. The molecule has 4 rings (SSSR count). The number of carbonyl (C=O) groups excluding carboxylic acids is 1. The van der Waals surface area contributed by atoms with E-state index in [9.17, 15) is 4.79 Å². The normalized spacial score (nSPS) is 21.1. The highest BCUT2D eigenvalue weighted by atomic mass is 35.5. The largest absolute Gasteiger partial charge is 0.459 e. The highest BCUT2D eigenvalue weighted by Gasteiger charge is 2.34. The third-order valence-electron chi connectivity index (χ3n) is 4.94. The zero-order chi connectivity index (χ0) is 19.5. The Morgan fingerprint density at radius 2 is 1.79 bits per heavy atom. The molecule has 2 heterocycles. The SMILES string of the molecule is O=C(C1=C[C@H](c2ccc(Cl)cc2)C[C@H](OCc2ccc(CO)cc2)O1)N1CC1. The third-order valence-corrected chi connectivity index (χ3v) is 5.19. The second-order valence-electron chi connectivity index (χ2n) is 7.05. The van der Waals surface area contributed by atoms with Gasteiger partial charge in [-0.2, -0.15) is 0 Å². The first-order valence-electron chi connectivity index (χ1n) is 9.36. The van der Waals surface area contributed by atoms with Crippen molar-refractivity contribution in [3.63, 3.8) is 0 Å². The van der Waals surface area contributed by atoms with Crippen molar-refractivity contribution in [2.45, 2.75) is 31.8 Å². The molecule has 146 valence electrons. The third kappa shape index (κ3) is 4.55. The topological polar surface area (TPSA) is 58.8 Å². The van der Waals surface area contributed by atoms with Crippen molar-refractivity contribution < 1.29 is 19.4 Å². The van der Waals surface area contributed by atoms with Crippen LogP contribution in [0, 0.1) is 0 Å². The van der Waals surface area contributed by atoms with Crippen LogP contribution in [0.15, 0.2) is 60.4 Å². The molecule has 2 aliphatic rings. The van der Waals surface area contributed by atoms with Gasteiger partial charge >= 0.3 is 0 Å². The number of aliphatic hydroxyl groups excluding tert-OH is 1. The molecule has 28 heavy (non-hydrogen) atoms. The van der Waals surface area contributed by atoms with Gasteiger partial charge in [0.1, 0.15) is 0 Å². The van der Waals surface area contributed by atoms with Gasteiger partial charge in [0.15, 0.2) is 5.76 Å². The van der Waals surface area contributed by atoms with E-state index >= 15 is 0 Å². The van der Waals surface area contributed by atoms with Crippen LogP contribution >= 0.6 is 11.6 Å². The molecule has 1 amide bonds. The summed E-state index contributed by atoms with van der Waals surface area (Å²) in [5.74, 6) is 0.288. The number of ether oxygens (including phenoxy) is 2. The van der Waals surface area contributed by atoms with Crippen LogP contribution in [0.25, 0.3) is 0 Å². The highest BCUT2D eigenvalue weighted by Crippen LogP contribution is 2.33. The van der Waals surface area contributed by atoms with Crippen molar-refractivity contribution in [1.29, 1.82) is 0 Å². The van der Waals surface area contributed by atoms with E-state index in [4.69, 9.17) is 26.2 Å². The fourth-order valence-corrected chi connectivity index (χ4v) is 3.32. The van der Waals surface area contributed by atoms with E-state index in [1.54, 1.807) is 4.90 Å². The zero-order valence-corrected chi connectivity index (χ0v) is 16.1. The summed E-state index contributed by atoms with van der Waals surface area (Å²) < 4.78 is 11.8. The summed E-state index contributed by atoms with van der Waals surface area (Å²) in [5.41, 5.74) is 2.91. The molecule has 0 bridgehead atoms. The van der Waals surface area contributed by atoms with Crippen LogP contribution in [0.1, 0.15) is 29.0 Å². The molecule has 0 unspecified atom stereocenters. The first kappa shape index (κ1) is 19.0. The predicted octanol–water partition coefficient (Wildman–Crippen LogP) is 3.61. The Morgan fingerprint density at radius 3 is 2.43 bits per heavy atom. The molecular weight excluding hydrogens is 378 g/mol. The van der Waals surface area contributed by atoms with E-state index in [1.807, 2.05) is 54.6 Å². The second kappa shape index (κ2) is 8.35. The van der Waals surface area contributed by atoms with Gasteiger partial charge in [-0.05, 0) is 34.9 Å². The van der Waals surface area contributed by atoms with Crippen molar-refractivity contribution in [2.75, 3.05) is 13.1 Å². The zero-order valence-electron chi connectivity index (χ0n) is 15.4. The molecule has 0 aliphatic carbocycles.